The second-order valence-electron chi connectivity index (χ2n) is 8.16. The van der Waals surface area contributed by atoms with Crippen LogP contribution in [0.4, 0.5) is 10.5 Å². The third-order valence-electron chi connectivity index (χ3n) is 5.93. The van der Waals surface area contributed by atoms with Crippen molar-refractivity contribution in [3.63, 3.8) is 0 Å². The van der Waals surface area contributed by atoms with E-state index in [0.717, 1.165) is 22.3 Å². The van der Waals surface area contributed by atoms with Gasteiger partial charge in [0.2, 0.25) is 5.91 Å². The number of amides is 2. The Balaban J connectivity index is 1.41. The molecule has 2 amide bonds. The summed E-state index contributed by atoms with van der Waals surface area (Å²) in [5.41, 5.74) is 5.03. The number of anilines is 1. The number of nitrogens with one attached hydrogen (secondary N) is 1. The van der Waals surface area contributed by atoms with Crippen LogP contribution in [0, 0.1) is 0 Å². The smallest absolute Gasteiger partial charge is 0.407 e. The van der Waals surface area contributed by atoms with Crippen molar-refractivity contribution in [3.8, 4) is 11.1 Å². The predicted octanol–water partition coefficient (Wildman–Crippen LogP) is 4.42. The summed E-state index contributed by atoms with van der Waals surface area (Å²) in [6.45, 7) is 1.69. The van der Waals surface area contributed by atoms with Gasteiger partial charge in [-0.05, 0) is 41.3 Å². The standard InChI is InChI=1S/C27H26N2O5/c1-18(26(32)29(16-15-25(30)31)19-9-3-2-4-10-19)28-27(33)34-17-24-22-13-7-5-11-20(22)21-12-6-8-14-23(21)24/h2-14,18,24H,15-17H2,1H3,(H,28,33)(H,30,31)/t18-/m0/s1. The normalized spacial score (nSPS) is 12.9. The van der Waals surface area contributed by atoms with Crippen molar-refractivity contribution in [2.75, 3.05) is 18.1 Å². The van der Waals surface area contributed by atoms with Crippen molar-refractivity contribution in [2.24, 2.45) is 0 Å². The molecule has 2 N–H and O–H groups in total. The van der Waals surface area contributed by atoms with Gasteiger partial charge in [0.1, 0.15) is 12.6 Å². The Morgan fingerprint density at radius 2 is 1.47 bits per heavy atom. The number of alkyl carbamates (subject to hydrolysis) is 1. The molecule has 0 unspecified atom stereocenters. The number of carbonyl (C=O) groups excluding carboxylic acids is 2. The van der Waals surface area contributed by atoms with Crippen LogP contribution in [0.1, 0.15) is 30.4 Å². The molecule has 4 rings (SSSR count). The highest BCUT2D eigenvalue weighted by Crippen LogP contribution is 2.44. The van der Waals surface area contributed by atoms with Gasteiger partial charge in [-0.25, -0.2) is 4.79 Å². The average molecular weight is 459 g/mol. The van der Waals surface area contributed by atoms with Crippen molar-refractivity contribution in [3.05, 3.63) is 90.0 Å². The molecule has 3 aromatic carbocycles. The van der Waals surface area contributed by atoms with E-state index >= 15 is 0 Å². The lowest BCUT2D eigenvalue weighted by atomic mass is 9.98. The summed E-state index contributed by atoms with van der Waals surface area (Å²) in [5.74, 6) is -1.51. The van der Waals surface area contributed by atoms with Crippen molar-refractivity contribution in [2.45, 2.75) is 25.3 Å². The number of nitrogens with zero attached hydrogens (tertiary/aromatic N) is 1. The van der Waals surface area contributed by atoms with E-state index < -0.39 is 24.0 Å². The second kappa shape index (κ2) is 10.2. The van der Waals surface area contributed by atoms with Crippen LogP contribution in [0.25, 0.3) is 11.1 Å². The monoisotopic (exact) mass is 458 g/mol. The number of carbonyl (C=O) groups is 3. The number of ether oxygens (including phenoxy) is 1. The van der Waals surface area contributed by atoms with Gasteiger partial charge >= 0.3 is 12.1 Å². The van der Waals surface area contributed by atoms with E-state index in [-0.39, 0.29) is 25.5 Å². The summed E-state index contributed by atoms with van der Waals surface area (Å²) in [4.78, 5) is 38.0. The van der Waals surface area contributed by atoms with Gasteiger partial charge in [-0.1, -0.05) is 66.7 Å². The third kappa shape index (κ3) is 4.93. The van der Waals surface area contributed by atoms with Gasteiger partial charge in [0.05, 0.1) is 6.42 Å². The molecule has 0 spiro atoms. The van der Waals surface area contributed by atoms with Crippen LogP contribution in [-0.2, 0) is 14.3 Å². The van der Waals surface area contributed by atoms with Gasteiger partial charge in [0, 0.05) is 18.2 Å². The molecule has 1 atom stereocenters. The second-order valence-corrected chi connectivity index (χ2v) is 8.16. The lowest BCUT2D eigenvalue weighted by Crippen LogP contribution is -2.48. The molecule has 0 fully saturated rings. The van der Waals surface area contributed by atoms with Gasteiger partial charge in [-0.3, -0.25) is 9.59 Å². The van der Waals surface area contributed by atoms with Crippen LogP contribution >= 0.6 is 0 Å². The Morgan fingerprint density at radius 1 is 0.912 bits per heavy atom. The topological polar surface area (TPSA) is 95.9 Å². The van der Waals surface area contributed by atoms with Crippen LogP contribution < -0.4 is 10.2 Å². The Morgan fingerprint density at radius 3 is 2.06 bits per heavy atom. The van der Waals surface area contributed by atoms with Gasteiger partial charge in [-0.2, -0.15) is 0 Å². The van der Waals surface area contributed by atoms with Gasteiger partial charge in [0.25, 0.3) is 0 Å². The highest BCUT2D eigenvalue weighted by atomic mass is 16.5. The molecular weight excluding hydrogens is 432 g/mol. The fourth-order valence-electron chi connectivity index (χ4n) is 4.29. The minimum absolute atomic E-state index is 0.00507. The summed E-state index contributed by atoms with van der Waals surface area (Å²) in [6, 6.07) is 24.0. The van der Waals surface area contributed by atoms with E-state index in [1.54, 1.807) is 31.2 Å². The molecule has 0 bridgehead atoms. The molecule has 1 aliphatic rings. The van der Waals surface area contributed by atoms with Crippen molar-refractivity contribution < 1.29 is 24.2 Å². The molecule has 0 saturated carbocycles. The highest BCUT2D eigenvalue weighted by Gasteiger charge is 2.30. The largest absolute Gasteiger partial charge is 0.481 e. The maximum atomic E-state index is 13.0. The minimum atomic E-state index is -1.01. The first kappa shape index (κ1) is 23.0. The highest BCUT2D eigenvalue weighted by molar-refractivity contribution is 5.98. The average Bonchev–Trinajstić information content (AvgIpc) is 3.17. The van der Waals surface area contributed by atoms with Crippen molar-refractivity contribution >= 4 is 23.7 Å². The fraction of sp³-hybridized carbons (Fsp3) is 0.222. The first-order valence-electron chi connectivity index (χ1n) is 11.2. The number of fused-ring (bicyclic) bond motifs is 3. The summed E-state index contributed by atoms with van der Waals surface area (Å²) in [5, 5.41) is 11.7. The SMILES string of the molecule is C[C@H](NC(=O)OCC1c2ccccc2-c2ccccc21)C(=O)N(CCC(=O)O)c1ccccc1. The number of hydrogen-bond donors (Lipinski definition) is 2. The van der Waals surface area contributed by atoms with E-state index in [9.17, 15) is 14.4 Å². The number of rotatable bonds is 8. The number of aliphatic carboxylic acids is 1. The Kier molecular flexibility index (Phi) is 6.92. The molecule has 0 radical (unpaired) electrons. The fourth-order valence-corrected chi connectivity index (χ4v) is 4.29. The molecule has 174 valence electrons. The molecule has 7 heteroatoms. The van der Waals surface area contributed by atoms with E-state index in [4.69, 9.17) is 9.84 Å². The molecule has 0 aromatic heterocycles. The van der Waals surface area contributed by atoms with Crippen LogP contribution in [0.3, 0.4) is 0 Å². The summed E-state index contributed by atoms with van der Waals surface area (Å²) < 4.78 is 5.53. The van der Waals surface area contributed by atoms with E-state index in [1.165, 1.54) is 4.90 Å². The number of benzene rings is 3. The molecule has 0 aliphatic heterocycles. The number of para-hydroxylation sites is 1. The zero-order chi connectivity index (χ0) is 24.1. The van der Waals surface area contributed by atoms with E-state index in [2.05, 4.69) is 17.4 Å². The van der Waals surface area contributed by atoms with E-state index in [0.29, 0.717) is 5.69 Å². The number of carboxylic acid groups (broad SMARTS) is 1. The lowest BCUT2D eigenvalue weighted by molar-refractivity contribution is -0.136. The Labute approximate surface area is 198 Å². The maximum Gasteiger partial charge on any atom is 0.407 e. The Hall–Kier alpha value is -4.13. The van der Waals surface area contributed by atoms with Crippen LogP contribution in [-0.4, -0.2) is 42.3 Å². The van der Waals surface area contributed by atoms with Gasteiger partial charge in [-0.15, -0.1) is 0 Å². The summed E-state index contributed by atoms with van der Waals surface area (Å²) >= 11 is 0. The zero-order valence-corrected chi connectivity index (χ0v) is 18.8. The first-order valence-corrected chi connectivity index (χ1v) is 11.2. The summed E-state index contributed by atoms with van der Waals surface area (Å²) in [7, 11) is 0. The van der Waals surface area contributed by atoms with Crippen LogP contribution in [0.5, 0.6) is 0 Å². The number of carboxylic acids is 1. The molecule has 3 aromatic rings. The van der Waals surface area contributed by atoms with Crippen molar-refractivity contribution in [1.82, 2.24) is 5.32 Å². The molecule has 0 heterocycles. The first-order chi connectivity index (χ1) is 16.5. The summed E-state index contributed by atoms with van der Waals surface area (Å²) in [6.07, 6.45) is -0.910. The van der Waals surface area contributed by atoms with Crippen LogP contribution in [0.2, 0.25) is 0 Å². The lowest BCUT2D eigenvalue weighted by Gasteiger charge is -2.26. The quantitative estimate of drug-likeness (QED) is 0.521. The minimum Gasteiger partial charge on any atom is -0.481 e. The predicted molar refractivity (Wildman–Crippen MR) is 129 cm³/mol. The molecule has 34 heavy (non-hydrogen) atoms. The molecule has 7 nitrogen and oxygen atoms in total. The maximum absolute atomic E-state index is 13.0. The number of hydrogen-bond acceptors (Lipinski definition) is 4. The zero-order valence-electron chi connectivity index (χ0n) is 18.8. The van der Waals surface area contributed by atoms with E-state index in [1.807, 2.05) is 42.5 Å². The van der Waals surface area contributed by atoms with Crippen LogP contribution in [0.15, 0.2) is 78.9 Å². The molecular formula is C27H26N2O5. The molecule has 1 aliphatic carbocycles. The van der Waals surface area contributed by atoms with Gasteiger partial charge < -0.3 is 20.1 Å². The third-order valence-corrected chi connectivity index (χ3v) is 5.93. The Bertz CT molecular complexity index is 1150. The van der Waals surface area contributed by atoms with Gasteiger partial charge in [0.15, 0.2) is 0 Å². The molecule has 0 saturated heterocycles. The van der Waals surface area contributed by atoms with Crippen molar-refractivity contribution in [1.29, 1.82) is 0 Å².